The molecular weight excluding hydrogens is 256 g/mol. The topological polar surface area (TPSA) is 96.2 Å². The van der Waals surface area contributed by atoms with E-state index in [1.165, 1.54) is 12.4 Å². The van der Waals surface area contributed by atoms with Crippen LogP contribution in [0.25, 0.3) is 0 Å². The van der Waals surface area contributed by atoms with Crippen molar-refractivity contribution in [3.8, 4) is 0 Å². The molecule has 0 bridgehead atoms. The molecule has 0 aromatic carbocycles. The Labute approximate surface area is 119 Å². The highest BCUT2D eigenvalue weighted by Gasteiger charge is 2.17. The fourth-order valence-corrected chi connectivity index (χ4v) is 1.97. The predicted octanol–water partition coefficient (Wildman–Crippen LogP) is 0.468. The molecule has 1 unspecified atom stereocenters. The smallest absolute Gasteiger partial charge is 0.271 e. The van der Waals surface area contributed by atoms with Crippen LogP contribution < -0.4 is 16.6 Å². The van der Waals surface area contributed by atoms with Crippen molar-refractivity contribution >= 4 is 11.7 Å². The first-order valence-corrected chi connectivity index (χ1v) is 6.66. The van der Waals surface area contributed by atoms with Crippen molar-refractivity contribution < 1.29 is 4.79 Å². The molecule has 0 saturated heterocycles. The molecule has 0 spiro atoms. The zero-order valence-corrected chi connectivity index (χ0v) is 12.6. The fraction of sp³-hybridized carbons (Fsp3) is 0.615. The van der Waals surface area contributed by atoms with E-state index in [4.69, 9.17) is 5.84 Å². The summed E-state index contributed by atoms with van der Waals surface area (Å²) in [6.07, 6.45) is 3.75. The summed E-state index contributed by atoms with van der Waals surface area (Å²) in [6.45, 7) is 5.06. The van der Waals surface area contributed by atoms with Gasteiger partial charge in [0.05, 0.1) is 12.4 Å². The van der Waals surface area contributed by atoms with Gasteiger partial charge in [-0.1, -0.05) is 13.8 Å². The summed E-state index contributed by atoms with van der Waals surface area (Å²) in [7, 11) is 3.97. The molecule has 0 aliphatic carbocycles. The average molecular weight is 280 g/mol. The van der Waals surface area contributed by atoms with Crippen LogP contribution >= 0.6 is 0 Å². The number of anilines is 1. The van der Waals surface area contributed by atoms with Gasteiger partial charge in [0, 0.05) is 12.6 Å². The second-order valence-electron chi connectivity index (χ2n) is 5.49. The Hall–Kier alpha value is -1.73. The largest absolute Gasteiger partial charge is 0.347 e. The van der Waals surface area contributed by atoms with Gasteiger partial charge < -0.3 is 15.6 Å². The third-order valence-electron chi connectivity index (χ3n) is 2.71. The van der Waals surface area contributed by atoms with Crippen LogP contribution in [-0.4, -0.2) is 47.5 Å². The molecule has 20 heavy (non-hydrogen) atoms. The van der Waals surface area contributed by atoms with E-state index in [-0.39, 0.29) is 17.6 Å². The quantitative estimate of drug-likeness (QED) is 0.496. The van der Waals surface area contributed by atoms with Crippen LogP contribution in [0.4, 0.5) is 5.82 Å². The van der Waals surface area contributed by atoms with E-state index in [1.807, 2.05) is 14.1 Å². The summed E-state index contributed by atoms with van der Waals surface area (Å²) in [5, 5.41) is 3.00. The SMILES string of the molecule is CC(C)CC(CN(C)C)NC(=O)c1cnc(NN)cn1. The number of rotatable bonds is 7. The summed E-state index contributed by atoms with van der Waals surface area (Å²) in [5.74, 6) is 5.93. The number of amides is 1. The Kier molecular flexibility index (Phi) is 6.33. The summed E-state index contributed by atoms with van der Waals surface area (Å²) in [6, 6.07) is 0.0895. The first kappa shape index (κ1) is 16.3. The van der Waals surface area contributed by atoms with E-state index in [2.05, 4.69) is 39.5 Å². The number of aromatic nitrogens is 2. The molecule has 1 aromatic heterocycles. The van der Waals surface area contributed by atoms with Gasteiger partial charge in [0.25, 0.3) is 5.91 Å². The number of hydrogen-bond donors (Lipinski definition) is 3. The maximum absolute atomic E-state index is 12.1. The zero-order chi connectivity index (χ0) is 15.1. The highest BCUT2D eigenvalue weighted by molar-refractivity contribution is 5.92. The molecule has 1 rings (SSSR count). The van der Waals surface area contributed by atoms with E-state index >= 15 is 0 Å². The molecule has 0 radical (unpaired) electrons. The Morgan fingerprint density at radius 1 is 1.35 bits per heavy atom. The summed E-state index contributed by atoms with van der Waals surface area (Å²) in [4.78, 5) is 22.2. The first-order valence-electron chi connectivity index (χ1n) is 6.66. The van der Waals surface area contributed by atoms with Crippen molar-refractivity contribution in [3.05, 3.63) is 18.1 Å². The summed E-state index contributed by atoms with van der Waals surface area (Å²) in [5.41, 5.74) is 2.66. The van der Waals surface area contributed by atoms with Gasteiger partial charge in [0.1, 0.15) is 5.69 Å². The van der Waals surface area contributed by atoms with Gasteiger partial charge >= 0.3 is 0 Å². The molecular formula is C13H24N6O. The number of nitrogens with zero attached hydrogens (tertiary/aromatic N) is 3. The molecule has 0 aliphatic heterocycles. The molecule has 7 nitrogen and oxygen atoms in total. The van der Waals surface area contributed by atoms with E-state index < -0.39 is 0 Å². The van der Waals surface area contributed by atoms with Crippen LogP contribution in [0.3, 0.4) is 0 Å². The molecule has 0 aliphatic rings. The third-order valence-corrected chi connectivity index (χ3v) is 2.71. The second kappa shape index (κ2) is 7.76. The average Bonchev–Trinajstić information content (AvgIpc) is 2.37. The molecule has 0 saturated carbocycles. The van der Waals surface area contributed by atoms with Gasteiger partial charge in [-0.3, -0.25) is 4.79 Å². The lowest BCUT2D eigenvalue weighted by Gasteiger charge is -2.23. The minimum Gasteiger partial charge on any atom is -0.347 e. The number of nitrogens with one attached hydrogen (secondary N) is 2. The minimum absolute atomic E-state index is 0.0895. The van der Waals surface area contributed by atoms with Crippen LogP contribution in [0.15, 0.2) is 12.4 Å². The summed E-state index contributed by atoms with van der Waals surface area (Å²) < 4.78 is 0. The van der Waals surface area contributed by atoms with Gasteiger partial charge in [-0.25, -0.2) is 15.8 Å². The molecule has 112 valence electrons. The molecule has 4 N–H and O–H groups in total. The van der Waals surface area contributed by atoms with Gasteiger partial charge in [-0.2, -0.15) is 0 Å². The van der Waals surface area contributed by atoms with Crippen LogP contribution in [-0.2, 0) is 0 Å². The standard InChI is InChI=1S/C13H24N6O/c1-9(2)5-10(8-19(3)4)17-13(20)11-6-16-12(18-14)7-15-11/h6-7,9-10H,5,8,14H2,1-4H3,(H,16,18)(H,17,20). The molecule has 1 heterocycles. The van der Waals surface area contributed by atoms with Crippen LogP contribution in [0.1, 0.15) is 30.8 Å². The zero-order valence-electron chi connectivity index (χ0n) is 12.6. The van der Waals surface area contributed by atoms with Gasteiger partial charge in [0.15, 0.2) is 5.82 Å². The lowest BCUT2D eigenvalue weighted by Crippen LogP contribution is -2.42. The molecule has 0 fully saturated rings. The van der Waals surface area contributed by atoms with Crippen molar-refractivity contribution in [2.24, 2.45) is 11.8 Å². The Morgan fingerprint density at radius 2 is 2.05 bits per heavy atom. The van der Waals surface area contributed by atoms with Crippen LogP contribution in [0.2, 0.25) is 0 Å². The van der Waals surface area contributed by atoms with Crippen molar-refractivity contribution in [1.29, 1.82) is 0 Å². The Bertz CT molecular complexity index is 407. The van der Waals surface area contributed by atoms with Crippen molar-refractivity contribution in [2.75, 3.05) is 26.1 Å². The second-order valence-corrected chi connectivity index (χ2v) is 5.49. The number of hydrogen-bond acceptors (Lipinski definition) is 6. The third kappa shape index (κ3) is 5.50. The van der Waals surface area contributed by atoms with Crippen molar-refractivity contribution in [3.63, 3.8) is 0 Å². The van der Waals surface area contributed by atoms with E-state index in [1.54, 1.807) is 0 Å². The number of likely N-dealkylation sites (N-methyl/N-ethyl adjacent to an activating group) is 1. The Morgan fingerprint density at radius 3 is 2.50 bits per heavy atom. The lowest BCUT2D eigenvalue weighted by molar-refractivity contribution is 0.0919. The number of nitrogen functional groups attached to an aromatic ring is 1. The number of hydrazine groups is 1. The Balaban J connectivity index is 2.68. The fourth-order valence-electron chi connectivity index (χ4n) is 1.97. The normalized spacial score (nSPS) is 12.6. The highest BCUT2D eigenvalue weighted by Crippen LogP contribution is 2.07. The number of carbonyl (C=O) groups excluding carboxylic acids is 1. The molecule has 1 amide bonds. The molecule has 7 heteroatoms. The maximum atomic E-state index is 12.1. The van der Waals surface area contributed by atoms with Gasteiger partial charge in [-0.15, -0.1) is 0 Å². The van der Waals surface area contributed by atoms with E-state index in [0.29, 0.717) is 11.7 Å². The molecule has 1 aromatic rings. The minimum atomic E-state index is -0.214. The monoisotopic (exact) mass is 280 g/mol. The van der Waals surface area contributed by atoms with E-state index in [9.17, 15) is 4.79 Å². The first-order chi connectivity index (χ1) is 9.42. The predicted molar refractivity (Wildman–Crippen MR) is 79.1 cm³/mol. The van der Waals surface area contributed by atoms with Crippen molar-refractivity contribution in [2.45, 2.75) is 26.3 Å². The lowest BCUT2D eigenvalue weighted by atomic mass is 10.0. The number of nitrogens with two attached hydrogens (primary N) is 1. The van der Waals surface area contributed by atoms with Gasteiger partial charge in [-0.05, 0) is 26.4 Å². The van der Waals surface area contributed by atoms with Crippen molar-refractivity contribution in [1.82, 2.24) is 20.2 Å². The van der Waals surface area contributed by atoms with Gasteiger partial charge in [0.2, 0.25) is 0 Å². The van der Waals surface area contributed by atoms with Crippen LogP contribution in [0, 0.1) is 5.92 Å². The van der Waals surface area contributed by atoms with Crippen LogP contribution in [0.5, 0.6) is 0 Å². The highest BCUT2D eigenvalue weighted by atomic mass is 16.1. The molecule has 1 atom stereocenters. The maximum Gasteiger partial charge on any atom is 0.271 e. The number of carbonyl (C=O) groups is 1. The van der Waals surface area contributed by atoms with E-state index in [0.717, 1.165) is 13.0 Å². The summed E-state index contributed by atoms with van der Waals surface area (Å²) >= 11 is 0.